The highest BCUT2D eigenvalue weighted by Gasteiger charge is 2.19. The van der Waals surface area contributed by atoms with Crippen molar-refractivity contribution in [2.24, 2.45) is 5.73 Å². The number of nitro benzene ring substituents is 1. The number of esters is 1. The molecule has 0 spiro atoms. The van der Waals surface area contributed by atoms with Crippen LogP contribution < -0.4 is 5.73 Å². The highest BCUT2D eigenvalue weighted by atomic mass is 32.2. The number of carbonyl (C=O) groups is 2. The molecule has 2 aromatic rings. The van der Waals surface area contributed by atoms with Gasteiger partial charge < -0.3 is 10.5 Å². The number of nitro groups is 1. The summed E-state index contributed by atoms with van der Waals surface area (Å²) in [5.74, 6) is -1.41. The van der Waals surface area contributed by atoms with Crippen LogP contribution in [0.2, 0.25) is 0 Å². The maximum absolute atomic E-state index is 12.1. The molecule has 9 heteroatoms. The summed E-state index contributed by atoms with van der Waals surface area (Å²) in [7, 11) is 0. The van der Waals surface area contributed by atoms with Gasteiger partial charge in [0.25, 0.3) is 5.69 Å². The van der Waals surface area contributed by atoms with Gasteiger partial charge in [0.05, 0.1) is 16.1 Å². The molecule has 1 heterocycles. The number of benzene rings is 1. The van der Waals surface area contributed by atoms with Gasteiger partial charge in [-0.3, -0.25) is 14.9 Å². The summed E-state index contributed by atoms with van der Waals surface area (Å²) in [6, 6.07) is 6.90. The second kappa shape index (κ2) is 7.55. The third kappa shape index (κ3) is 3.87. The van der Waals surface area contributed by atoms with E-state index >= 15 is 0 Å². The molecular weight excluding hydrogens is 334 g/mol. The van der Waals surface area contributed by atoms with Crippen molar-refractivity contribution >= 4 is 29.3 Å². The number of ether oxygens (including phenoxy) is 1. The fourth-order valence-corrected chi connectivity index (χ4v) is 2.48. The fraction of sp³-hybridized carbons (Fsp3) is 0.133. The number of carbonyl (C=O) groups excluding carboxylic acids is 2. The molecule has 24 heavy (non-hydrogen) atoms. The molecule has 0 saturated heterocycles. The second-order valence-electron chi connectivity index (χ2n) is 4.60. The predicted octanol–water partition coefficient (Wildman–Crippen LogP) is 2.17. The van der Waals surface area contributed by atoms with Crippen LogP contribution in [0.1, 0.15) is 26.3 Å². The number of primary amides is 1. The van der Waals surface area contributed by atoms with Crippen molar-refractivity contribution in [2.75, 3.05) is 6.26 Å². The highest BCUT2D eigenvalue weighted by Crippen LogP contribution is 2.23. The molecule has 0 saturated carbocycles. The number of hydrogen-bond acceptors (Lipinski definition) is 7. The minimum Gasteiger partial charge on any atom is -0.457 e. The van der Waals surface area contributed by atoms with Crippen LogP contribution in [0.15, 0.2) is 41.6 Å². The summed E-state index contributed by atoms with van der Waals surface area (Å²) in [6.07, 6.45) is 3.32. The molecule has 0 atom stereocenters. The van der Waals surface area contributed by atoms with Crippen LogP contribution in [0.3, 0.4) is 0 Å². The molecule has 0 aliphatic heterocycles. The van der Waals surface area contributed by atoms with Gasteiger partial charge in [0.15, 0.2) is 0 Å². The van der Waals surface area contributed by atoms with Gasteiger partial charge in [-0.2, -0.15) is 0 Å². The zero-order chi connectivity index (χ0) is 17.7. The Bertz CT molecular complexity index is 809. The summed E-state index contributed by atoms with van der Waals surface area (Å²) in [6.45, 7) is -0.309. The molecule has 2 N–H and O–H groups in total. The number of nitrogens with two attached hydrogens (primary N) is 1. The van der Waals surface area contributed by atoms with Crippen LogP contribution in [0.5, 0.6) is 0 Å². The fourth-order valence-electron chi connectivity index (χ4n) is 1.94. The van der Waals surface area contributed by atoms with E-state index < -0.39 is 16.8 Å². The Balaban J connectivity index is 2.21. The van der Waals surface area contributed by atoms with E-state index in [1.54, 1.807) is 24.6 Å². The van der Waals surface area contributed by atoms with E-state index in [1.807, 2.05) is 0 Å². The lowest BCUT2D eigenvalue weighted by molar-refractivity contribution is -0.385. The minimum atomic E-state index is -0.776. The molecule has 1 aromatic heterocycles. The standard InChI is InChI=1S/C15H13N3O5S/c1-24-14-11(3-2-6-17-14)15(20)23-8-10-5-4-9(13(16)19)7-12(10)18(21)22/h2-7H,8H2,1H3,(H2,16,19). The Morgan fingerprint density at radius 1 is 1.38 bits per heavy atom. The zero-order valence-corrected chi connectivity index (χ0v) is 13.4. The van der Waals surface area contributed by atoms with Gasteiger partial charge in [-0.15, -0.1) is 11.8 Å². The first-order chi connectivity index (χ1) is 11.4. The maximum atomic E-state index is 12.1. The Kier molecular flexibility index (Phi) is 5.48. The molecule has 0 radical (unpaired) electrons. The Labute approximate surface area is 141 Å². The average molecular weight is 347 g/mol. The molecule has 1 amide bonds. The first-order valence-corrected chi connectivity index (χ1v) is 7.89. The number of pyridine rings is 1. The van der Waals surface area contributed by atoms with Gasteiger partial charge in [-0.1, -0.05) is 0 Å². The third-order valence-corrected chi connectivity index (χ3v) is 3.82. The molecule has 124 valence electrons. The Hall–Kier alpha value is -2.94. The minimum absolute atomic E-state index is 0.00806. The molecular formula is C15H13N3O5S. The average Bonchev–Trinajstić information content (AvgIpc) is 2.59. The van der Waals surface area contributed by atoms with Gasteiger partial charge >= 0.3 is 5.97 Å². The van der Waals surface area contributed by atoms with E-state index in [0.717, 1.165) is 6.07 Å². The number of thioether (sulfide) groups is 1. The topological polar surface area (TPSA) is 125 Å². The van der Waals surface area contributed by atoms with Gasteiger partial charge in [0, 0.05) is 17.8 Å². The third-order valence-electron chi connectivity index (χ3n) is 3.11. The van der Waals surface area contributed by atoms with Crippen LogP contribution in [-0.4, -0.2) is 28.0 Å². The van der Waals surface area contributed by atoms with Crippen LogP contribution in [-0.2, 0) is 11.3 Å². The van der Waals surface area contributed by atoms with Crippen molar-refractivity contribution in [2.45, 2.75) is 11.6 Å². The molecule has 0 aliphatic carbocycles. The number of hydrogen-bond donors (Lipinski definition) is 1. The lowest BCUT2D eigenvalue weighted by Gasteiger charge is -2.08. The molecule has 0 aliphatic rings. The lowest BCUT2D eigenvalue weighted by Crippen LogP contribution is -2.12. The zero-order valence-electron chi connectivity index (χ0n) is 12.6. The predicted molar refractivity (Wildman–Crippen MR) is 86.8 cm³/mol. The van der Waals surface area contributed by atoms with Crippen molar-refractivity contribution in [3.63, 3.8) is 0 Å². The molecule has 0 unspecified atom stereocenters. The summed E-state index contributed by atoms with van der Waals surface area (Å²) in [4.78, 5) is 37.8. The van der Waals surface area contributed by atoms with E-state index in [1.165, 1.54) is 23.9 Å². The van der Waals surface area contributed by atoms with Crippen molar-refractivity contribution in [3.05, 3.63) is 63.3 Å². The maximum Gasteiger partial charge on any atom is 0.341 e. The number of aromatic nitrogens is 1. The van der Waals surface area contributed by atoms with Gasteiger partial charge in [0.1, 0.15) is 11.6 Å². The smallest absolute Gasteiger partial charge is 0.341 e. The molecule has 0 bridgehead atoms. The van der Waals surface area contributed by atoms with E-state index in [2.05, 4.69) is 4.98 Å². The number of nitrogens with zero attached hydrogens (tertiary/aromatic N) is 2. The van der Waals surface area contributed by atoms with Crippen molar-refractivity contribution in [1.29, 1.82) is 0 Å². The first kappa shape index (κ1) is 17.4. The van der Waals surface area contributed by atoms with E-state index in [-0.39, 0.29) is 29.0 Å². The summed E-state index contributed by atoms with van der Waals surface area (Å²) >= 11 is 1.29. The number of rotatable bonds is 6. The highest BCUT2D eigenvalue weighted by molar-refractivity contribution is 7.98. The second-order valence-corrected chi connectivity index (χ2v) is 5.40. The van der Waals surface area contributed by atoms with Crippen molar-refractivity contribution in [3.8, 4) is 0 Å². The van der Waals surface area contributed by atoms with Crippen molar-refractivity contribution < 1.29 is 19.2 Å². The largest absolute Gasteiger partial charge is 0.457 e. The van der Waals surface area contributed by atoms with Crippen LogP contribution in [0.25, 0.3) is 0 Å². The van der Waals surface area contributed by atoms with E-state index in [9.17, 15) is 19.7 Å². The van der Waals surface area contributed by atoms with Crippen LogP contribution >= 0.6 is 11.8 Å². The van der Waals surface area contributed by atoms with Gasteiger partial charge in [-0.05, 0) is 30.5 Å². The number of amides is 1. The normalized spacial score (nSPS) is 10.2. The quantitative estimate of drug-likeness (QED) is 0.367. The monoisotopic (exact) mass is 347 g/mol. The van der Waals surface area contributed by atoms with E-state index in [0.29, 0.717) is 5.03 Å². The molecule has 0 fully saturated rings. The van der Waals surface area contributed by atoms with Crippen LogP contribution in [0, 0.1) is 10.1 Å². The van der Waals surface area contributed by atoms with Crippen LogP contribution in [0.4, 0.5) is 5.69 Å². The van der Waals surface area contributed by atoms with Gasteiger partial charge in [0.2, 0.25) is 5.91 Å². The van der Waals surface area contributed by atoms with Gasteiger partial charge in [-0.25, -0.2) is 9.78 Å². The SMILES string of the molecule is CSc1ncccc1C(=O)OCc1ccc(C(N)=O)cc1[N+](=O)[O-]. The lowest BCUT2D eigenvalue weighted by atomic mass is 10.1. The molecule has 8 nitrogen and oxygen atoms in total. The molecule has 2 rings (SSSR count). The first-order valence-electron chi connectivity index (χ1n) is 6.67. The molecule has 1 aromatic carbocycles. The summed E-state index contributed by atoms with van der Waals surface area (Å²) < 4.78 is 5.13. The van der Waals surface area contributed by atoms with E-state index in [4.69, 9.17) is 10.5 Å². The summed E-state index contributed by atoms with van der Waals surface area (Å²) in [5, 5.41) is 11.6. The Morgan fingerprint density at radius 3 is 2.75 bits per heavy atom. The summed E-state index contributed by atoms with van der Waals surface area (Å²) in [5.41, 5.74) is 5.22. The van der Waals surface area contributed by atoms with Crippen molar-refractivity contribution in [1.82, 2.24) is 4.98 Å². The Morgan fingerprint density at radius 2 is 2.12 bits per heavy atom.